The van der Waals surface area contributed by atoms with E-state index in [1.54, 1.807) is 13.0 Å². The number of nitrogens with zero attached hydrogens (tertiary/aromatic N) is 1. The summed E-state index contributed by atoms with van der Waals surface area (Å²) in [5, 5.41) is 8.87. The quantitative estimate of drug-likeness (QED) is 0.900. The van der Waals surface area contributed by atoms with Crippen molar-refractivity contribution in [2.75, 3.05) is 4.72 Å². The zero-order valence-corrected chi connectivity index (χ0v) is 12.4. The Balaban J connectivity index is 2.44. The number of rotatable bonds is 4. The number of aryl methyl sites for hydroxylation is 1. The zero-order valence-electron chi connectivity index (χ0n) is 10.9. The minimum absolute atomic E-state index is 0.0571. The van der Waals surface area contributed by atoms with E-state index in [0.717, 1.165) is 6.07 Å². The Hall–Kier alpha value is -2.12. The molecule has 0 radical (unpaired) electrons. The Morgan fingerprint density at radius 2 is 2.00 bits per heavy atom. The van der Waals surface area contributed by atoms with Crippen LogP contribution in [0.4, 0.5) is 5.69 Å². The summed E-state index contributed by atoms with van der Waals surface area (Å²) in [7, 11) is -3.99. The topological polar surface area (TPSA) is 96.4 Å². The number of carboxylic acid groups (broad SMARTS) is 1. The van der Waals surface area contributed by atoms with E-state index in [1.165, 1.54) is 24.4 Å². The molecule has 6 nitrogen and oxygen atoms in total. The first kappa shape index (κ1) is 15.3. The van der Waals surface area contributed by atoms with Gasteiger partial charge in [0.1, 0.15) is 4.90 Å². The second-order valence-electron chi connectivity index (χ2n) is 4.24. The number of hydrogen-bond donors (Lipinski definition) is 2. The molecule has 0 fully saturated rings. The molecule has 1 aromatic carbocycles. The van der Waals surface area contributed by atoms with Crippen molar-refractivity contribution < 1.29 is 18.3 Å². The van der Waals surface area contributed by atoms with Crippen LogP contribution in [0.1, 0.15) is 16.1 Å². The standard InChI is InChI=1S/C13H11ClN2O4S/c1-8-6-10(4-5-15-8)16-21(19,20)12-7-9(13(17)18)2-3-11(12)14/h2-7H,1H3,(H,15,16)(H,17,18). The number of hydrogen-bond acceptors (Lipinski definition) is 4. The summed E-state index contributed by atoms with van der Waals surface area (Å²) in [5.41, 5.74) is 0.797. The number of sulfonamides is 1. The van der Waals surface area contributed by atoms with E-state index in [1.807, 2.05) is 0 Å². The van der Waals surface area contributed by atoms with Crippen molar-refractivity contribution in [3.63, 3.8) is 0 Å². The molecule has 0 saturated carbocycles. The summed E-state index contributed by atoms with van der Waals surface area (Å²) < 4.78 is 26.9. The summed E-state index contributed by atoms with van der Waals surface area (Å²) in [6, 6.07) is 6.52. The maximum atomic E-state index is 12.3. The molecule has 0 aliphatic heterocycles. The molecule has 2 N–H and O–H groups in total. The monoisotopic (exact) mass is 326 g/mol. The smallest absolute Gasteiger partial charge is 0.335 e. The van der Waals surface area contributed by atoms with E-state index in [-0.39, 0.29) is 15.5 Å². The van der Waals surface area contributed by atoms with Crippen LogP contribution in [0.15, 0.2) is 41.4 Å². The van der Waals surface area contributed by atoms with Crippen LogP contribution < -0.4 is 4.72 Å². The van der Waals surface area contributed by atoms with Gasteiger partial charge in [-0.2, -0.15) is 0 Å². The molecule has 1 aromatic heterocycles. The van der Waals surface area contributed by atoms with E-state index in [9.17, 15) is 13.2 Å². The number of carboxylic acids is 1. The van der Waals surface area contributed by atoms with Crippen molar-refractivity contribution in [3.05, 3.63) is 52.8 Å². The highest BCUT2D eigenvalue weighted by atomic mass is 35.5. The van der Waals surface area contributed by atoms with Gasteiger partial charge in [-0.15, -0.1) is 0 Å². The molecular formula is C13H11ClN2O4S. The van der Waals surface area contributed by atoms with Crippen LogP contribution in [-0.4, -0.2) is 24.5 Å². The third kappa shape index (κ3) is 3.50. The Morgan fingerprint density at radius 1 is 1.29 bits per heavy atom. The summed E-state index contributed by atoms with van der Waals surface area (Å²) in [5.74, 6) is -1.23. The fourth-order valence-electron chi connectivity index (χ4n) is 1.66. The summed E-state index contributed by atoms with van der Waals surface area (Å²) in [4.78, 5) is 14.6. The number of carbonyl (C=O) groups is 1. The number of benzene rings is 1. The Kier molecular flexibility index (Phi) is 4.15. The molecule has 0 unspecified atom stereocenters. The van der Waals surface area contributed by atoms with Gasteiger partial charge in [-0.05, 0) is 37.3 Å². The third-order valence-corrected chi connectivity index (χ3v) is 4.48. The number of halogens is 1. The molecule has 0 bridgehead atoms. The predicted octanol–water partition coefficient (Wildman–Crippen LogP) is 2.54. The maximum absolute atomic E-state index is 12.3. The lowest BCUT2D eigenvalue weighted by molar-refractivity contribution is 0.0696. The van der Waals surface area contributed by atoms with Gasteiger partial charge in [-0.25, -0.2) is 13.2 Å². The Bertz CT molecular complexity index is 806. The van der Waals surface area contributed by atoms with Gasteiger partial charge < -0.3 is 5.11 Å². The van der Waals surface area contributed by atoms with Crippen molar-refractivity contribution in [2.24, 2.45) is 0 Å². The van der Waals surface area contributed by atoms with Gasteiger partial charge in [0, 0.05) is 11.9 Å². The molecule has 0 aliphatic rings. The van der Waals surface area contributed by atoms with Crippen LogP contribution in [0.2, 0.25) is 5.02 Å². The Morgan fingerprint density at radius 3 is 2.62 bits per heavy atom. The van der Waals surface area contributed by atoms with E-state index < -0.39 is 16.0 Å². The normalized spacial score (nSPS) is 11.1. The van der Waals surface area contributed by atoms with Gasteiger partial charge in [0.05, 0.1) is 16.3 Å². The van der Waals surface area contributed by atoms with Crippen molar-refractivity contribution in [1.29, 1.82) is 0 Å². The van der Waals surface area contributed by atoms with Gasteiger partial charge in [0.25, 0.3) is 10.0 Å². The largest absolute Gasteiger partial charge is 0.478 e. The fourth-order valence-corrected chi connectivity index (χ4v) is 3.24. The molecule has 0 atom stereocenters. The molecule has 1 heterocycles. The van der Waals surface area contributed by atoms with Gasteiger partial charge in [-0.3, -0.25) is 9.71 Å². The molecule has 0 spiro atoms. The highest BCUT2D eigenvalue weighted by Crippen LogP contribution is 2.25. The minimum Gasteiger partial charge on any atom is -0.478 e. The van der Waals surface area contributed by atoms with Crippen LogP contribution in [0.25, 0.3) is 0 Å². The lowest BCUT2D eigenvalue weighted by Gasteiger charge is -2.10. The Labute approximate surface area is 126 Å². The van der Waals surface area contributed by atoms with Crippen LogP contribution >= 0.6 is 11.6 Å². The SMILES string of the molecule is Cc1cc(NS(=O)(=O)c2cc(C(=O)O)ccc2Cl)ccn1. The second kappa shape index (κ2) is 5.71. The van der Waals surface area contributed by atoms with Crippen molar-refractivity contribution >= 4 is 33.3 Å². The summed E-state index contributed by atoms with van der Waals surface area (Å²) >= 11 is 5.86. The zero-order chi connectivity index (χ0) is 15.6. The number of aromatic nitrogens is 1. The predicted molar refractivity (Wildman–Crippen MR) is 78.2 cm³/mol. The van der Waals surface area contributed by atoms with Crippen LogP contribution in [0, 0.1) is 6.92 Å². The lowest BCUT2D eigenvalue weighted by atomic mass is 10.2. The average molecular weight is 327 g/mol. The number of nitrogens with one attached hydrogen (secondary N) is 1. The highest BCUT2D eigenvalue weighted by Gasteiger charge is 2.20. The van der Waals surface area contributed by atoms with Gasteiger partial charge in [0.2, 0.25) is 0 Å². The number of aromatic carboxylic acids is 1. The fraction of sp³-hybridized carbons (Fsp3) is 0.0769. The van der Waals surface area contributed by atoms with Crippen molar-refractivity contribution in [3.8, 4) is 0 Å². The van der Waals surface area contributed by atoms with Crippen LogP contribution in [0.3, 0.4) is 0 Å². The minimum atomic E-state index is -3.99. The summed E-state index contributed by atoms with van der Waals surface area (Å²) in [6.07, 6.45) is 1.46. The molecule has 2 rings (SSSR count). The van der Waals surface area contributed by atoms with Crippen molar-refractivity contribution in [2.45, 2.75) is 11.8 Å². The number of pyridine rings is 1. The first-order valence-electron chi connectivity index (χ1n) is 5.78. The molecular weight excluding hydrogens is 316 g/mol. The molecule has 21 heavy (non-hydrogen) atoms. The first-order chi connectivity index (χ1) is 9.79. The third-order valence-electron chi connectivity index (χ3n) is 2.62. The molecule has 110 valence electrons. The lowest BCUT2D eigenvalue weighted by Crippen LogP contribution is -2.14. The summed E-state index contributed by atoms with van der Waals surface area (Å²) in [6.45, 7) is 1.72. The van der Waals surface area contributed by atoms with Gasteiger partial charge in [-0.1, -0.05) is 11.6 Å². The first-order valence-corrected chi connectivity index (χ1v) is 7.64. The van der Waals surface area contributed by atoms with Gasteiger partial charge in [0.15, 0.2) is 0 Å². The van der Waals surface area contributed by atoms with E-state index in [2.05, 4.69) is 9.71 Å². The van der Waals surface area contributed by atoms with Crippen molar-refractivity contribution in [1.82, 2.24) is 4.98 Å². The van der Waals surface area contributed by atoms with Gasteiger partial charge >= 0.3 is 5.97 Å². The molecule has 2 aromatic rings. The molecule has 0 aliphatic carbocycles. The maximum Gasteiger partial charge on any atom is 0.335 e. The second-order valence-corrected chi connectivity index (χ2v) is 6.30. The molecule has 0 amide bonds. The van der Waals surface area contributed by atoms with E-state index in [0.29, 0.717) is 11.4 Å². The van der Waals surface area contributed by atoms with E-state index >= 15 is 0 Å². The van der Waals surface area contributed by atoms with Crippen LogP contribution in [0.5, 0.6) is 0 Å². The number of anilines is 1. The highest BCUT2D eigenvalue weighted by molar-refractivity contribution is 7.92. The average Bonchev–Trinajstić information content (AvgIpc) is 2.38. The van der Waals surface area contributed by atoms with Crippen LogP contribution in [-0.2, 0) is 10.0 Å². The molecule has 0 saturated heterocycles. The van der Waals surface area contributed by atoms with E-state index in [4.69, 9.17) is 16.7 Å². The molecule has 8 heteroatoms.